The third-order valence-corrected chi connectivity index (χ3v) is 9.39. The zero-order chi connectivity index (χ0) is 21.6. The molecule has 0 aromatic heterocycles. The minimum absolute atomic E-state index is 0.0810. The molecule has 5 nitrogen and oxygen atoms in total. The van der Waals surface area contributed by atoms with Gasteiger partial charge >= 0.3 is 8.80 Å². The summed E-state index contributed by atoms with van der Waals surface area (Å²) < 4.78 is 16.4. The number of carbonyl (C=O) groups excluding carboxylic acids is 1. The Morgan fingerprint density at radius 3 is 2.03 bits per heavy atom. The minimum atomic E-state index is -2.59. The highest BCUT2D eigenvalue weighted by molar-refractivity contribution is 6.72. The van der Waals surface area contributed by atoms with Crippen LogP contribution in [-0.2, 0) is 19.7 Å². The van der Waals surface area contributed by atoms with E-state index in [2.05, 4.69) is 24.1 Å². The van der Waals surface area contributed by atoms with Crippen LogP contribution in [0.4, 0.5) is 5.69 Å². The fourth-order valence-corrected chi connectivity index (χ4v) is 6.13. The number of rotatable bonds is 10. The molecule has 7 heteroatoms. The van der Waals surface area contributed by atoms with Crippen molar-refractivity contribution in [1.82, 2.24) is 0 Å². The smallest absolute Gasteiger partial charge is 0.378 e. The number of aryl methyl sites for hydroxylation is 1. The highest BCUT2D eigenvalue weighted by atomic mass is 28.4. The zero-order valence-electron chi connectivity index (χ0n) is 18.5. The number of carbonyl (C=O) groups is 1. The van der Waals surface area contributed by atoms with Crippen LogP contribution in [0.2, 0.25) is 19.1 Å². The summed E-state index contributed by atoms with van der Waals surface area (Å²) >= 11 is 0. The summed E-state index contributed by atoms with van der Waals surface area (Å²) in [5.74, 6) is 0.0810. The van der Waals surface area contributed by atoms with Crippen LogP contribution in [0, 0.1) is 0 Å². The summed E-state index contributed by atoms with van der Waals surface area (Å²) in [5, 5.41) is 1.17. The molecule has 2 rings (SSSR count). The third-order valence-electron chi connectivity index (χ3n) is 5.17. The summed E-state index contributed by atoms with van der Waals surface area (Å²) in [7, 11) is 5.54. The second-order valence-corrected chi connectivity index (χ2v) is 13.1. The van der Waals surface area contributed by atoms with Crippen LogP contribution in [0.1, 0.15) is 21.5 Å². The zero-order valence-corrected chi connectivity index (χ0v) is 20.5. The Morgan fingerprint density at radius 2 is 1.55 bits per heavy atom. The molecule has 0 N–H and O–H groups in total. The first-order chi connectivity index (χ1) is 13.8. The molecular weight excluding hydrogens is 398 g/mol. The molecule has 0 aliphatic rings. The van der Waals surface area contributed by atoms with Gasteiger partial charge in [-0.1, -0.05) is 37.4 Å². The Labute approximate surface area is 177 Å². The van der Waals surface area contributed by atoms with E-state index in [0.29, 0.717) is 11.6 Å². The molecule has 0 saturated heterocycles. The van der Waals surface area contributed by atoms with Crippen molar-refractivity contribution in [3.8, 4) is 0 Å². The van der Waals surface area contributed by atoms with Crippen LogP contribution in [-0.4, -0.2) is 58.8 Å². The van der Waals surface area contributed by atoms with Crippen LogP contribution >= 0.6 is 0 Å². The van der Waals surface area contributed by atoms with Crippen molar-refractivity contribution in [2.45, 2.75) is 25.6 Å². The van der Waals surface area contributed by atoms with Crippen molar-refractivity contribution in [2.24, 2.45) is 0 Å². The Kier molecular flexibility index (Phi) is 8.36. The average molecular weight is 431 g/mol. The summed E-state index contributed by atoms with van der Waals surface area (Å²) in [5.41, 5.74) is 3.78. The molecule has 0 heterocycles. The third kappa shape index (κ3) is 5.64. The Morgan fingerprint density at radius 1 is 0.966 bits per heavy atom. The van der Waals surface area contributed by atoms with Gasteiger partial charge in [-0.2, -0.15) is 0 Å². The second kappa shape index (κ2) is 10.3. The van der Waals surface area contributed by atoms with E-state index in [9.17, 15) is 4.79 Å². The van der Waals surface area contributed by atoms with E-state index in [0.717, 1.165) is 23.2 Å². The fraction of sp³-hybridized carbons (Fsp3) is 0.409. The Balaban J connectivity index is 2.21. The first kappa shape index (κ1) is 23.5. The average Bonchev–Trinajstić information content (AvgIpc) is 2.74. The highest BCUT2D eigenvalue weighted by Gasteiger charge is 2.37. The van der Waals surface area contributed by atoms with Gasteiger partial charge in [0.15, 0.2) is 5.78 Å². The maximum atomic E-state index is 13.2. The first-order valence-corrected chi connectivity index (χ1v) is 14.1. The van der Waals surface area contributed by atoms with Crippen LogP contribution in [0.5, 0.6) is 0 Å². The van der Waals surface area contributed by atoms with Gasteiger partial charge in [-0.3, -0.25) is 4.79 Å². The van der Waals surface area contributed by atoms with E-state index in [4.69, 9.17) is 13.3 Å². The van der Waals surface area contributed by atoms with Gasteiger partial charge in [0.1, 0.15) is 0 Å². The summed E-state index contributed by atoms with van der Waals surface area (Å²) in [6.07, 6.45) is 0.774. The predicted octanol–water partition coefficient (Wildman–Crippen LogP) is 3.37. The minimum Gasteiger partial charge on any atom is -0.378 e. The lowest BCUT2D eigenvalue weighted by Gasteiger charge is -2.24. The van der Waals surface area contributed by atoms with Crippen molar-refractivity contribution in [3.05, 3.63) is 59.2 Å². The normalized spacial score (nSPS) is 11.7. The van der Waals surface area contributed by atoms with Crippen LogP contribution in [0.15, 0.2) is 42.5 Å². The fourth-order valence-electron chi connectivity index (χ4n) is 3.25. The maximum absolute atomic E-state index is 13.2. The van der Waals surface area contributed by atoms with Crippen molar-refractivity contribution >= 4 is 34.3 Å². The molecule has 0 aliphatic carbocycles. The van der Waals surface area contributed by atoms with Gasteiger partial charge in [0.25, 0.3) is 0 Å². The standard InChI is InChI=1S/C22H32NO4Si2/c1-23(2)19-12-13-20(21(16-19)28(6)7)22(24)18-10-8-17(9-11-18)14-15-29(25-3,26-4)27-5/h8-13,16H,14-15H2,1-7H3. The topological polar surface area (TPSA) is 48.0 Å². The molecule has 0 bridgehead atoms. The molecule has 0 saturated carbocycles. The molecule has 0 unspecified atom stereocenters. The number of hydrogen-bond donors (Lipinski definition) is 0. The van der Waals surface area contributed by atoms with Gasteiger partial charge in [0.05, 0.1) is 8.80 Å². The largest absolute Gasteiger partial charge is 0.500 e. The van der Waals surface area contributed by atoms with Gasteiger partial charge in [-0.05, 0) is 35.4 Å². The first-order valence-electron chi connectivity index (χ1n) is 9.68. The summed E-state index contributed by atoms with van der Waals surface area (Å²) in [6, 6.07) is 14.7. The number of anilines is 1. The van der Waals surface area contributed by atoms with Gasteiger partial charge in [0, 0.05) is 58.3 Å². The molecule has 0 aliphatic heterocycles. The van der Waals surface area contributed by atoms with Crippen molar-refractivity contribution in [1.29, 1.82) is 0 Å². The van der Waals surface area contributed by atoms with Gasteiger partial charge in [-0.15, -0.1) is 0 Å². The van der Waals surface area contributed by atoms with Crippen molar-refractivity contribution in [2.75, 3.05) is 40.3 Å². The van der Waals surface area contributed by atoms with E-state index in [1.54, 1.807) is 21.3 Å². The van der Waals surface area contributed by atoms with E-state index >= 15 is 0 Å². The molecule has 0 spiro atoms. The van der Waals surface area contributed by atoms with E-state index in [1.807, 2.05) is 50.5 Å². The lowest BCUT2D eigenvalue weighted by Crippen LogP contribution is -2.43. The Hall–Kier alpha value is -1.78. The molecule has 157 valence electrons. The van der Waals surface area contributed by atoms with Gasteiger partial charge < -0.3 is 18.2 Å². The number of ketones is 1. The molecular formula is C22H32NO4Si2. The number of hydrogen-bond acceptors (Lipinski definition) is 5. The highest BCUT2D eigenvalue weighted by Crippen LogP contribution is 2.19. The molecule has 0 atom stereocenters. The number of benzene rings is 2. The van der Waals surface area contributed by atoms with Gasteiger partial charge in [0.2, 0.25) is 0 Å². The molecule has 0 amide bonds. The van der Waals surface area contributed by atoms with Crippen molar-refractivity contribution in [3.63, 3.8) is 0 Å². The number of nitrogens with zero attached hydrogens (tertiary/aromatic N) is 1. The van der Waals surface area contributed by atoms with Crippen LogP contribution in [0.25, 0.3) is 0 Å². The van der Waals surface area contributed by atoms with Crippen LogP contribution in [0.3, 0.4) is 0 Å². The van der Waals surface area contributed by atoms with E-state index in [1.165, 1.54) is 5.19 Å². The molecule has 2 aromatic rings. The quantitative estimate of drug-likeness (QED) is 0.427. The lowest BCUT2D eigenvalue weighted by molar-refractivity contribution is 0.103. The Bertz CT molecular complexity index is 810. The van der Waals surface area contributed by atoms with Crippen LogP contribution < -0.4 is 10.1 Å². The molecule has 2 aromatic carbocycles. The summed E-state index contributed by atoms with van der Waals surface area (Å²) in [6.45, 7) is 4.44. The molecule has 0 fully saturated rings. The SMILES string of the molecule is CO[Si](CCc1ccc(C(=O)c2ccc(N(C)C)cc2[Si](C)C)cc1)(OC)OC. The van der Waals surface area contributed by atoms with Gasteiger partial charge in [-0.25, -0.2) is 0 Å². The molecule has 1 radical (unpaired) electrons. The van der Waals surface area contributed by atoms with Crippen molar-refractivity contribution < 1.29 is 18.1 Å². The monoisotopic (exact) mass is 430 g/mol. The second-order valence-electron chi connectivity index (χ2n) is 7.45. The van der Waals surface area contributed by atoms with E-state index < -0.39 is 17.6 Å². The van der Waals surface area contributed by atoms with E-state index in [-0.39, 0.29) is 5.78 Å². The lowest BCUT2D eigenvalue weighted by atomic mass is 10.0. The maximum Gasteiger partial charge on any atom is 0.500 e. The molecule has 29 heavy (non-hydrogen) atoms. The summed E-state index contributed by atoms with van der Waals surface area (Å²) in [4.78, 5) is 15.2. The predicted molar refractivity (Wildman–Crippen MR) is 123 cm³/mol.